The van der Waals surface area contributed by atoms with Crippen LogP contribution in [0.1, 0.15) is 25.7 Å². The van der Waals surface area contributed by atoms with E-state index in [0.717, 1.165) is 21.1 Å². The minimum Gasteiger partial charge on any atom is -0.384 e. The zero-order valence-electron chi connectivity index (χ0n) is 10.1. The van der Waals surface area contributed by atoms with Crippen LogP contribution in [0.4, 0.5) is 11.5 Å². The van der Waals surface area contributed by atoms with Gasteiger partial charge in [0, 0.05) is 27.7 Å². The lowest BCUT2D eigenvalue weighted by molar-refractivity contribution is 0.756. The van der Waals surface area contributed by atoms with Gasteiger partial charge in [0.05, 0.1) is 5.52 Å². The molecule has 0 bridgehead atoms. The van der Waals surface area contributed by atoms with Crippen molar-refractivity contribution in [1.29, 1.82) is 0 Å². The highest BCUT2D eigenvalue weighted by atomic mass is 79.9. The second-order valence-electron chi connectivity index (χ2n) is 4.88. The summed E-state index contributed by atoms with van der Waals surface area (Å²) in [4.78, 5) is 4.38. The van der Waals surface area contributed by atoms with Crippen molar-refractivity contribution in [2.75, 3.05) is 11.1 Å². The van der Waals surface area contributed by atoms with E-state index in [0.29, 0.717) is 11.9 Å². The molecule has 4 heteroatoms. The van der Waals surface area contributed by atoms with Gasteiger partial charge in [0.1, 0.15) is 5.82 Å². The fraction of sp³-hybridized carbons (Fsp3) is 0.357. The Bertz CT molecular complexity index is 571. The molecule has 0 radical (unpaired) electrons. The van der Waals surface area contributed by atoms with Gasteiger partial charge in [-0.1, -0.05) is 28.8 Å². The van der Waals surface area contributed by atoms with E-state index in [4.69, 9.17) is 5.73 Å². The Hall–Kier alpha value is -1.29. The van der Waals surface area contributed by atoms with Crippen LogP contribution in [0.25, 0.3) is 10.9 Å². The lowest BCUT2D eigenvalue weighted by Gasteiger charge is -2.16. The number of nitrogens with two attached hydrogens (primary N) is 1. The van der Waals surface area contributed by atoms with E-state index in [1.54, 1.807) is 0 Å². The molecule has 3 nitrogen and oxygen atoms in total. The summed E-state index contributed by atoms with van der Waals surface area (Å²) in [6.45, 7) is 0. The number of benzene rings is 1. The van der Waals surface area contributed by atoms with E-state index in [-0.39, 0.29) is 0 Å². The van der Waals surface area contributed by atoms with E-state index in [1.807, 2.05) is 18.2 Å². The molecule has 1 saturated carbocycles. The molecule has 0 saturated heterocycles. The third-order valence-electron chi connectivity index (χ3n) is 3.51. The molecule has 1 aliphatic carbocycles. The van der Waals surface area contributed by atoms with Gasteiger partial charge in [-0.3, -0.25) is 0 Å². The first kappa shape index (κ1) is 11.8. The number of aromatic nitrogens is 1. The first-order valence-corrected chi connectivity index (χ1v) is 7.14. The van der Waals surface area contributed by atoms with E-state index in [2.05, 4.69) is 32.3 Å². The SMILES string of the molecule is Nc1cc(NC2CCCC2)c2ccc(Br)cc2n1. The van der Waals surface area contributed by atoms with Crippen molar-refractivity contribution in [2.24, 2.45) is 0 Å². The Morgan fingerprint density at radius 2 is 2.00 bits per heavy atom. The van der Waals surface area contributed by atoms with E-state index in [9.17, 15) is 0 Å². The highest BCUT2D eigenvalue weighted by Crippen LogP contribution is 2.30. The molecule has 94 valence electrons. The normalized spacial score (nSPS) is 16.3. The first-order valence-electron chi connectivity index (χ1n) is 6.35. The molecule has 0 spiro atoms. The molecule has 0 unspecified atom stereocenters. The minimum atomic E-state index is 0.570. The predicted octanol–water partition coefficient (Wildman–Crippen LogP) is 3.93. The summed E-state index contributed by atoms with van der Waals surface area (Å²) in [6.07, 6.45) is 5.14. The van der Waals surface area contributed by atoms with Crippen molar-refractivity contribution in [3.05, 3.63) is 28.7 Å². The van der Waals surface area contributed by atoms with Gasteiger partial charge < -0.3 is 11.1 Å². The van der Waals surface area contributed by atoms with Crippen LogP contribution in [0.15, 0.2) is 28.7 Å². The highest BCUT2D eigenvalue weighted by Gasteiger charge is 2.16. The summed E-state index contributed by atoms with van der Waals surface area (Å²) < 4.78 is 1.03. The summed E-state index contributed by atoms with van der Waals surface area (Å²) in [5.41, 5.74) is 7.93. The Balaban J connectivity index is 2.03. The first-order chi connectivity index (χ1) is 8.72. The van der Waals surface area contributed by atoms with Crippen LogP contribution in [-0.2, 0) is 0 Å². The van der Waals surface area contributed by atoms with Crippen LogP contribution in [0, 0.1) is 0 Å². The number of halogens is 1. The second kappa shape index (κ2) is 4.76. The standard InChI is InChI=1S/C14H16BrN3/c15-9-5-6-11-12(7-9)18-14(16)8-13(11)17-10-3-1-2-4-10/h5-8,10H,1-4H2,(H3,16,17,18). The number of fused-ring (bicyclic) bond motifs is 1. The number of nitrogen functional groups attached to an aromatic ring is 1. The summed E-state index contributed by atoms with van der Waals surface area (Å²) in [6, 6.07) is 8.65. The molecule has 18 heavy (non-hydrogen) atoms. The van der Waals surface area contributed by atoms with Crippen LogP contribution in [-0.4, -0.2) is 11.0 Å². The maximum absolute atomic E-state index is 5.88. The molecule has 0 atom stereocenters. The van der Waals surface area contributed by atoms with E-state index in [1.165, 1.54) is 25.7 Å². The summed E-state index contributed by atoms with van der Waals surface area (Å²) in [5, 5.41) is 4.75. The average Bonchev–Trinajstić information content (AvgIpc) is 2.80. The third-order valence-corrected chi connectivity index (χ3v) is 4.00. The Kier molecular flexibility index (Phi) is 3.12. The maximum atomic E-state index is 5.88. The van der Waals surface area contributed by atoms with Gasteiger partial charge in [0.25, 0.3) is 0 Å². The number of hydrogen-bond donors (Lipinski definition) is 2. The fourth-order valence-electron chi connectivity index (χ4n) is 2.63. The Labute approximate surface area is 115 Å². The van der Waals surface area contributed by atoms with Crippen LogP contribution in [0.2, 0.25) is 0 Å². The van der Waals surface area contributed by atoms with Crippen LogP contribution >= 0.6 is 15.9 Å². The molecule has 0 amide bonds. The van der Waals surface area contributed by atoms with Gasteiger partial charge in [0.15, 0.2) is 0 Å². The average molecular weight is 306 g/mol. The van der Waals surface area contributed by atoms with Crippen LogP contribution in [0.5, 0.6) is 0 Å². The quantitative estimate of drug-likeness (QED) is 0.883. The topological polar surface area (TPSA) is 50.9 Å². The number of rotatable bonds is 2. The Morgan fingerprint density at radius 3 is 2.78 bits per heavy atom. The third kappa shape index (κ3) is 2.29. The van der Waals surface area contributed by atoms with Gasteiger partial charge in [-0.15, -0.1) is 0 Å². The molecular weight excluding hydrogens is 290 g/mol. The highest BCUT2D eigenvalue weighted by molar-refractivity contribution is 9.10. The number of nitrogens with zero attached hydrogens (tertiary/aromatic N) is 1. The van der Waals surface area contributed by atoms with Crippen molar-refractivity contribution < 1.29 is 0 Å². The molecular formula is C14H16BrN3. The minimum absolute atomic E-state index is 0.570. The molecule has 0 aliphatic heterocycles. The van der Waals surface area contributed by atoms with E-state index >= 15 is 0 Å². The van der Waals surface area contributed by atoms with Crippen molar-refractivity contribution in [3.8, 4) is 0 Å². The van der Waals surface area contributed by atoms with Crippen molar-refractivity contribution in [1.82, 2.24) is 4.98 Å². The summed E-state index contributed by atoms with van der Waals surface area (Å²) in [7, 11) is 0. The lowest BCUT2D eigenvalue weighted by atomic mass is 10.1. The van der Waals surface area contributed by atoms with Crippen molar-refractivity contribution in [2.45, 2.75) is 31.7 Å². The predicted molar refractivity (Wildman–Crippen MR) is 79.7 cm³/mol. The van der Waals surface area contributed by atoms with Gasteiger partial charge in [-0.2, -0.15) is 0 Å². The van der Waals surface area contributed by atoms with E-state index < -0.39 is 0 Å². The van der Waals surface area contributed by atoms with Gasteiger partial charge in [-0.25, -0.2) is 4.98 Å². The van der Waals surface area contributed by atoms with Crippen LogP contribution in [0.3, 0.4) is 0 Å². The number of pyridine rings is 1. The Morgan fingerprint density at radius 1 is 1.22 bits per heavy atom. The molecule has 3 rings (SSSR count). The zero-order chi connectivity index (χ0) is 12.5. The van der Waals surface area contributed by atoms with Gasteiger partial charge in [-0.05, 0) is 31.0 Å². The monoisotopic (exact) mass is 305 g/mol. The molecule has 1 heterocycles. The maximum Gasteiger partial charge on any atom is 0.126 e. The summed E-state index contributed by atoms with van der Waals surface area (Å²) in [5.74, 6) is 0.570. The summed E-state index contributed by atoms with van der Waals surface area (Å²) >= 11 is 3.47. The molecule has 1 aromatic carbocycles. The van der Waals surface area contributed by atoms with Crippen molar-refractivity contribution >= 4 is 38.3 Å². The molecule has 1 aromatic heterocycles. The second-order valence-corrected chi connectivity index (χ2v) is 5.80. The fourth-order valence-corrected chi connectivity index (χ4v) is 2.98. The van der Waals surface area contributed by atoms with Crippen molar-refractivity contribution in [3.63, 3.8) is 0 Å². The molecule has 2 aromatic rings. The van der Waals surface area contributed by atoms with Gasteiger partial charge >= 0.3 is 0 Å². The number of nitrogens with one attached hydrogen (secondary N) is 1. The largest absolute Gasteiger partial charge is 0.384 e. The van der Waals surface area contributed by atoms with Crippen LogP contribution < -0.4 is 11.1 Å². The molecule has 1 aliphatic rings. The van der Waals surface area contributed by atoms with Gasteiger partial charge in [0.2, 0.25) is 0 Å². The smallest absolute Gasteiger partial charge is 0.126 e. The molecule has 1 fully saturated rings. The number of hydrogen-bond acceptors (Lipinski definition) is 3. The number of anilines is 2. The molecule has 3 N–H and O–H groups in total. The lowest BCUT2D eigenvalue weighted by Crippen LogP contribution is -2.15. The zero-order valence-corrected chi connectivity index (χ0v) is 11.7.